The van der Waals surface area contributed by atoms with Crippen LogP contribution in [0.15, 0.2) is 24.4 Å². The van der Waals surface area contributed by atoms with Crippen LogP contribution in [0.2, 0.25) is 0 Å². The van der Waals surface area contributed by atoms with Crippen LogP contribution in [0.5, 0.6) is 0 Å². The van der Waals surface area contributed by atoms with Gasteiger partial charge in [0.2, 0.25) is 0 Å². The molecule has 106 valence electrons. The van der Waals surface area contributed by atoms with E-state index in [1.807, 2.05) is 12.3 Å². The number of pyridine rings is 1. The molecule has 0 bridgehead atoms. The molecule has 1 aromatic rings. The lowest BCUT2D eigenvalue weighted by atomic mass is 9.63. The molecule has 0 saturated heterocycles. The van der Waals surface area contributed by atoms with Crippen molar-refractivity contribution in [2.45, 2.75) is 66.0 Å². The zero-order chi connectivity index (χ0) is 14.1. The van der Waals surface area contributed by atoms with Crippen molar-refractivity contribution in [1.82, 2.24) is 10.3 Å². The Kier molecular flexibility index (Phi) is 4.00. The number of aromatic nitrogens is 1. The summed E-state index contributed by atoms with van der Waals surface area (Å²) in [4.78, 5) is 4.45. The summed E-state index contributed by atoms with van der Waals surface area (Å²) in [7, 11) is 0. The Bertz CT molecular complexity index is 393. The fourth-order valence-corrected chi connectivity index (χ4v) is 4.03. The highest BCUT2D eigenvalue weighted by Crippen LogP contribution is 2.46. The normalized spacial score (nSPS) is 24.1. The Morgan fingerprint density at radius 3 is 2.32 bits per heavy atom. The third-order valence-electron chi connectivity index (χ3n) is 4.17. The van der Waals surface area contributed by atoms with Gasteiger partial charge in [-0.2, -0.15) is 0 Å². The molecule has 0 aromatic carbocycles. The van der Waals surface area contributed by atoms with Gasteiger partial charge in [0.1, 0.15) is 0 Å². The largest absolute Gasteiger partial charge is 0.306 e. The molecular formula is C17H28N2. The van der Waals surface area contributed by atoms with E-state index >= 15 is 0 Å². The average Bonchev–Trinajstić information content (AvgIpc) is 2.25. The van der Waals surface area contributed by atoms with Gasteiger partial charge in [0.25, 0.3) is 0 Å². The Hall–Kier alpha value is -0.890. The van der Waals surface area contributed by atoms with Gasteiger partial charge in [-0.1, -0.05) is 33.8 Å². The summed E-state index contributed by atoms with van der Waals surface area (Å²) in [5.74, 6) is 0. The van der Waals surface area contributed by atoms with Crippen molar-refractivity contribution < 1.29 is 0 Å². The second-order valence-electron chi connectivity index (χ2n) is 7.75. The zero-order valence-electron chi connectivity index (χ0n) is 13.0. The van der Waals surface area contributed by atoms with E-state index in [9.17, 15) is 0 Å². The summed E-state index contributed by atoms with van der Waals surface area (Å²) < 4.78 is 0. The van der Waals surface area contributed by atoms with Gasteiger partial charge in [0.05, 0.1) is 5.69 Å². The van der Waals surface area contributed by atoms with Crippen molar-refractivity contribution in [2.75, 3.05) is 0 Å². The van der Waals surface area contributed by atoms with Gasteiger partial charge < -0.3 is 5.32 Å². The van der Waals surface area contributed by atoms with Crippen molar-refractivity contribution in [3.8, 4) is 0 Å². The Balaban J connectivity index is 2.03. The van der Waals surface area contributed by atoms with Crippen LogP contribution in [0.4, 0.5) is 0 Å². The van der Waals surface area contributed by atoms with Gasteiger partial charge in [-0.15, -0.1) is 0 Å². The summed E-state index contributed by atoms with van der Waals surface area (Å²) in [6.45, 7) is 11.8. The molecule has 0 radical (unpaired) electrons. The molecule has 1 aliphatic rings. The molecule has 2 nitrogen and oxygen atoms in total. The monoisotopic (exact) mass is 260 g/mol. The maximum Gasteiger partial charge on any atom is 0.0570 e. The lowest BCUT2D eigenvalue weighted by Gasteiger charge is -2.46. The van der Waals surface area contributed by atoms with E-state index in [-0.39, 0.29) is 0 Å². The lowest BCUT2D eigenvalue weighted by molar-refractivity contribution is 0.0809. The highest BCUT2D eigenvalue weighted by Gasteiger charge is 2.38. The molecule has 2 heteroatoms. The second kappa shape index (κ2) is 5.24. The van der Waals surface area contributed by atoms with Crippen molar-refractivity contribution >= 4 is 0 Å². The molecule has 0 aliphatic heterocycles. The van der Waals surface area contributed by atoms with E-state index in [2.05, 4.69) is 57.1 Å². The number of hydrogen-bond acceptors (Lipinski definition) is 2. The highest BCUT2D eigenvalue weighted by molar-refractivity contribution is 5.08. The van der Waals surface area contributed by atoms with Crippen molar-refractivity contribution in [1.29, 1.82) is 0 Å². The standard InChI is InChI=1S/C17H28N2/c1-13(15-8-6-7-9-18-15)19-14-10-16(2,3)12-17(4,5)11-14/h6-9,13-14,19H,10-12H2,1-5H3. The molecule has 1 heterocycles. The molecule has 1 unspecified atom stereocenters. The van der Waals surface area contributed by atoms with Crippen LogP contribution in [0.1, 0.15) is 65.6 Å². The SMILES string of the molecule is CC(NC1CC(C)(C)CC(C)(C)C1)c1ccccn1. The van der Waals surface area contributed by atoms with E-state index in [4.69, 9.17) is 0 Å². The molecule has 19 heavy (non-hydrogen) atoms. The predicted octanol–water partition coefficient (Wildman–Crippen LogP) is 4.34. The Labute approximate surface area is 118 Å². The number of nitrogens with one attached hydrogen (secondary N) is 1. The van der Waals surface area contributed by atoms with Gasteiger partial charge in [-0.3, -0.25) is 4.98 Å². The Morgan fingerprint density at radius 1 is 1.16 bits per heavy atom. The van der Waals surface area contributed by atoms with Crippen LogP contribution in [-0.4, -0.2) is 11.0 Å². The quantitative estimate of drug-likeness (QED) is 0.874. The van der Waals surface area contributed by atoms with E-state index in [0.717, 1.165) is 5.69 Å². The van der Waals surface area contributed by atoms with Gasteiger partial charge in [0.15, 0.2) is 0 Å². The molecule has 1 saturated carbocycles. The minimum atomic E-state index is 0.330. The molecule has 0 amide bonds. The first-order valence-electron chi connectivity index (χ1n) is 7.44. The summed E-state index contributed by atoms with van der Waals surface area (Å²) in [6.07, 6.45) is 5.71. The topological polar surface area (TPSA) is 24.9 Å². The molecule has 1 N–H and O–H groups in total. The van der Waals surface area contributed by atoms with Crippen molar-refractivity contribution in [2.24, 2.45) is 10.8 Å². The minimum Gasteiger partial charge on any atom is -0.306 e. The second-order valence-corrected chi connectivity index (χ2v) is 7.75. The zero-order valence-corrected chi connectivity index (χ0v) is 13.0. The summed E-state index contributed by atoms with van der Waals surface area (Å²) in [6, 6.07) is 7.07. The van der Waals surface area contributed by atoms with E-state index in [1.165, 1.54) is 19.3 Å². The third kappa shape index (κ3) is 4.04. The third-order valence-corrected chi connectivity index (χ3v) is 4.17. The van der Waals surface area contributed by atoms with Crippen molar-refractivity contribution in [3.63, 3.8) is 0 Å². The van der Waals surface area contributed by atoms with E-state index in [1.54, 1.807) is 0 Å². The van der Waals surface area contributed by atoms with Gasteiger partial charge in [-0.05, 0) is 49.1 Å². The predicted molar refractivity (Wildman–Crippen MR) is 81.0 cm³/mol. The first-order chi connectivity index (χ1) is 8.77. The molecule has 0 spiro atoms. The fourth-order valence-electron chi connectivity index (χ4n) is 4.03. The smallest absolute Gasteiger partial charge is 0.0570 e. The number of hydrogen-bond donors (Lipinski definition) is 1. The molecular weight excluding hydrogens is 232 g/mol. The first-order valence-corrected chi connectivity index (χ1v) is 7.44. The number of nitrogens with zero attached hydrogens (tertiary/aromatic N) is 1. The molecule has 1 atom stereocenters. The first kappa shape index (κ1) is 14.5. The van der Waals surface area contributed by atoms with Gasteiger partial charge >= 0.3 is 0 Å². The molecule has 1 aromatic heterocycles. The minimum absolute atomic E-state index is 0.330. The van der Waals surface area contributed by atoms with Gasteiger partial charge in [-0.25, -0.2) is 0 Å². The lowest BCUT2D eigenvalue weighted by Crippen LogP contribution is -2.44. The fraction of sp³-hybridized carbons (Fsp3) is 0.706. The molecule has 1 aliphatic carbocycles. The van der Waals surface area contributed by atoms with Crippen LogP contribution in [-0.2, 0) is 0 Å². The maximum atomic E-state index is 4.45. The maximum absolute atomic E-state index is 4.45. The van der Waals surface area contributed by atoms with Crippen LogP contribution in [0.25, 0.3) is 0 Å². The summed E-state index contributed by atoms with van der Waals surface area (Å²) >= 11 is 0. The van der Waals surface area contributed by atoms with E-state index < -0.39 is 0 Å². The number of rotatable bonds is 3. The Morgan fingerprint density at radius 2 is 1.79 bits per heavy atom. The van der Waals surface area contributed by atoms with Crippen LogP contribution in [0, 0.1) is 10.8 Å². The highest BCUT2D eigenvalue weighted by atomic mass is 15.0. The summed E-state index contributed by atoms with van der Waals surface area (Å²) in [5, 5.41) is 3.78. The van der Waals surface area contributed by atoms with Crippen LogP contribution < -0.4 is 5.32 Å². The van der Waals surface area contributed by atoms with Crippen LogP contribution in [0.3, 0.4) is 0 Å². The summed E-state index contributed by atoms with van der Waals surface area (Å²) in [5.41, 5.74) is 2.01. The van der Waals surface area contributed by atoms with E-state index in [0.29, 0.717) is 22.9 Å². The molecule has 1 fully saturated rings. The molecule has 2 rings (SSSR count). The van der Waals surface area contributed by atoms with Crippen LogP contribution >= 0.6 is 0 Å². The van der Waals surface area contributed by atoms with Crippen molar-refractivity contribution in [3.05, 3.63) is 30.1 Å². The average molecular weight is 260 g/mol. The van der Waals surface area contributed by atoms with Gasteiger partial charge in [0, 0.05) is 18.3 Å².